The van der Waals surface area contributed by atoms with Crippen LogP contribution in [0.4, 0.5) is 5.69 Å². The molecule has 7 nitrogen and oxygen atoms in total. The van der Waals surface area contributed by atoms with Crippen LogP contribution in [-0.4, -0.2) is 46.4 Å². The van der Waals surface area contributed by atoms with Crippen LogP contribution in [0.25, 0.3) is 0 Å². The fraction of sp³-hybridized carbons (Fsp3) is 0.485. The summed E-state index contributed by atoms with van der Waals surface area (Å²) in [6, 6.07) is 16.1. The summed E-state index contributed by atoms with van der Waals surface area (Å²) < 4.78 is 6.54. The molecule has 2 N–H and O–H groups in total. The molecule has 0 radical (unpaired) electrons. The first-order chi connectivity index (χ1) is 19.2. The molecule has 0 aromatic heterocycles. The van der Waals surface area contributed by atoms with E-state index in [1.54, 1.807) is 4.90 Å². The molecule has 1 aliphatic carbocycles. The van der Waals surface area contributed by atoms with Gasteiger partial charge in [0.15, 0.2) is 0 Å². The number of ether oxygens (including phenoxy) is 1. The molecule has 2 aromatic carbocycles. The van der Waals surface area contributed by atoms with E-state index in [2.05, 4.69) is 24.5 Å². The van der Waals surface area contributed by atoms with Crippen LogP contribution in [0.1, 0.15) is 57.2 Å². The van der Waals surface area contributed by atoms with Gasteiger partial charge in [-0.15, -0.1) is 0 Å². The highest BCUT2D eigenvalue weighted by Gasteiger charge is 2.73. The molecule has 3 heterocycles. The average Bonchev–Trinajstić information content (AvgIpc) is 3.58. The van der Waals surface area contributed by atoms with Crippen LogP contribution >= 0.6 is 0 Å². The van der Waals surface area contributed by atoms with E-state index in [1.807, 2.05) is 80.6 Å². The second-order valence-electron chi connectivity index (χ2n) is 12.3. The van der Waals surface area contributed by atoms with Gasteiger partial charge < -0.3 is 20.3 Å². The number of hydrogen-bond acceptors (Lipinski definition) is 4. The molecule has 2 bridgehead atoms. The number of aryl methyl sites for hydroxylation is 1. The third-order valence-electron chi connectivity index (χ3n) is 9.88. The summed E-state index contributed by atoms with van der Waals surface area (Å²) in [5.74, 6) is -1.32. The molecule has 2 aromatic rings. The predicted octanol–water partition coefficient (Wildman–Crippen LogP) is 4.79. The van der Waals surface area contributed by atoms with Gasteiger partial charge >= 0.3 is 0 Å². The maximum absolute atomic E-state index is 14.4. The lowest BCUT2D eigenvalue weighted by Crippen LogP contribution is -2.58. The molecule has 4 aliphatic rings. The second-order valence-corrected chi connectivity index (χ2v) is 12.3. The normalized spacial score (nSPS) is 35.0. The van der Waals surface area contributed by atoms with Crippen LogP contribution in [0, 0.1) is 30.6 Å². The predicted molar refractivity (Wildman–Crippen MR) is 153 cm³/mol. The monoisotopic (exact) mass is 541 g/mol. The van der Waals surface area contributed by atoms with E-state index < -0.39 is 29.6 Å². The van der Waals surface area contributed by atoms with Crippen molar-refractivity contribution >= 4 is 23.4 Å². The Hall–Kier alpha value is -3.45. The molecule has 7 unspecified atom stereocenters. The van der Waals surface area contributed by atoms with Gasteiger partial charge in [-0.05, 0) is 55.4 Å². The van der Waals surface area contributed by atoms with Gasteiger partial charge in [0.05, 0.1) is 24.0 Å². The highest BCUT2D eigenvalue weighted by molar-refractivity contribution is 6.03. The van der Waals surface area contributed by atoms with Gasteiger partial charge in [-0.1, -0.05) is 81.3 Å². The van der Waals surface area contributed by atoms with Crippen molar-refractivity contribution in [2.75, 3.05) is 5.32 Å². The first-order valence-corrected chi connectivity index (χ1v) is 14.6. The van der Waals surface area contributed by atoms with E-state index in [0.29, 0.717) is 17.5 Å². The molecule has 3 fully saturated rings. The molecule has 210 valence electrons. The lowest BCUT2D eigenvalue weighted by molar-refractivity contribution is -0.144. The number of rotatable bonds is 6. The lowest BCUT2D eigenvalue weighted by atomic mass is 9.73. The Morgan fingerprint density at radius 1 is 1.05 bits per heavy atom. The van der Waals surface area contributed by atoms with Gasteiger partial charge in [0, 0.05) is 11.7 Å². The summed E-state index contributed by atoms with van der Waals surface area (Å²) in [7, 11) is 0. The van der Waals surface area contributed by atoms with E-state index in [-0.39, 0.29) is 29.8 Å². The first-order valence-electron chi connectivity index (χ1n) is 14.6. The van der Waals surface area contributed by atoms with Crippen molar-refractivity contribution < 1.29 is 19.1 Å². The van der Waals surface area contributed by atoms with Crippen molar-refractivity contribution in [2.24, 2.45) is 23.7 Å². The third kappa shape index (κ3) is 4.26. The Morgan fingerprint density at radius 2 is 1.82 bits per heavy atom. The Labute approximate surface area is 236 Å². The average molecular weight is 542 g/mol. The highest BCUT2D eigenvalue weighted by Crippen LogP contribution is 2.56. The van der Waals surface area contributed by atoms with Crippen molar-refractivity contribution in [1.82, 2.24) is 10.2 Å². The van der Waals surface area contributed by atoms with Gasteiger partial charge in [-0.25, -0.2) is 0 Å². The van der Waals surface area contributed by atoms with E-state index >= 15 is 0 Å². The number of nitrogens with one attached hydrogen (secondary N) is 2. The summed E-state index contributed by atoms with van der Waals surface area (Å²) >= 11 is 0. The van der Waals surface area contributed by atoms with Crippen molar-refractivity contribution in [2.45, 2.75) is 76.8 Å². The fourth-order valence-electron chi connectivity index (χ4n) is 7.51. The molecular weight excluding hydrogens is 502 g/mol. The number of nitrogens with zero attached hydrogens (tertiary/aromatic N) is 1. The SMILES string of the molecule is Cc1cccc(NC(=O)C2[C@H]3C=CC4(O3)C(C(=O)NC3CCCC(C)C3C)N(C(C)c3ccccc3)C(=O)[C@@H]24)c1. The minimum absolute atomic E-state index is 0.0404. The minimum Gasteiger partial charge on any atom is -0.359 e. The maximum atomic E-state index is 14.4. The van der Waals surface area contributed by atoms with Crippen LogP contribution in [0.15, 0.2) is 66.7 Å². The quantitative estimate of drug-likeness (QED) is 0.515. The summed E-state index contributed by atoms with van der Waals surface area (Å²) in [6.45, 7) is 8.36. The molecule has 9 atom stereocenters. The van der Waals surface area contributed by atoms with Crippen molar-refractivity contribution in [1.29, 1.82) is 0 Å². The number of benzene rings is 2. The summed E-state index contributed by atoms with van der Waals surface area (Å²) in [4.78, 5) is 44.1. The van der Waals surface area contributed by atoms with Gasteiger partial charge in [0.1, 0.15) is 11.6 Å². The van der Waals surface area contributed by atoms with Gasteiger partial charge in [0.2, 0.25) is 17.7 Å². The van der Waals surface area contributed by atoms with Crippen LogP contribution in [0.5, 0.6) is 0 Å². The fourth-order valence-corrected chi connectivity index (χ4v) is 7.51. The lowest BCUT2D eigenvalue weighted by Gasteiger charge is -2.39. The summed E-state index contributed by atoms with van der Waals surface area (Å²) in [6.07, 6.45) is 6.33. The minimum atomic E-state index is -1.19. The zero-order valence-electron chi connectivity index (χ0n) is 23.7. The molecule has 1 saturated carbocycles. The Balaban J connectivity index is 1.35. The number of carbonyl (C=O) groups is 3. The number of hydrogen-bond donors (Lipinski definition) is 2. The van der Waals surface area contributed by atoms with Crippen LogP contribution in [0.2, 0.25) is 0 Å². The summed E-state index contributed by atoms with van der Waals surface area (Å²) in [5, 5.41) is 6.34. The van der Waals surface area contributed by atoms with Crippen LogP contribution < -0.4 is 10.6 Å². The molecule has 3 aliphatic heterocycles. The molecule has 6 rings (SSSR count). The van der Waals surface area contributed by atoms with Crippen LogP contribution in [-0.2, 0) is 19.1 Å². The maximum Gasteiger partial charge on any atom is 0.246 e. The van der Waals surface area contributed by atoms with Crippen molar-refractivity contribution in [3.05, 3.63) is 77.9 Å². The van der Waals surface area contributed by atoms with E-state index in [0.717, 1.165) is 30.4 Å². The molecule has 1 spiro atoms. The van der Waals surface area contributed by atoms with Gasteiger partial charge in [-0.2, -0.15) is 0 Å². The number of likely N-dealkylation sites (tertiary alicyclic amines) is 1. The van der Waals surface area contributed by atoms with Gasteiger partial charge in [0.25, 0.3) is 0 Å². The highest BCUT2D eigenvalue weighted by atomic mass is 16.5. The number of carbonyl (C=O) groups excluding carboxylic acids is 3. The molecular formula is C33H39N3O4. The standard InChI is InChI=1S/C33H39N3O4/c1-19-10-8-14-24(18-19)34-30(37)27-26-16-17-33(40-26)28(27)32(39)36(22(4)23-12-6-5-7-13-23)29(33)31(38)35-25-15-9-11-20(2)21(25)3/h5-8,10,12-14,16-18,20-22,25-29H,9,11,15H2,1-4H3,(H,34,37)(H,35,38)/t20?,21?,22?,25?,26-,27?,28-,29?,33?/m1/s1. The number of anilines is 1. The van der Waals surface area contributed by atoms with Crippen molar-refractivity contribution in [3.63, 3.8) is 0 Å². The van der Waals surface area contributed by atoms with E-state index in [1.165, 1.54) is 0 Å². The molecule has 3 amide bonds. The second kappa shape index (κ2) is 10.2. The Kier molecular flexibility index (Phi) is 6.81. The largest absolute Gasteiger partial charge is 0.359 e. The third-order valence-corrected chi connectivity index (χ3v) is 9.88. The van der Waals surface area contributed by atoms with Crippen LogP contribution in [0.3, 0.4) is 0 Å². The topological polar surface area (TPSA) is 87.7 Å². The summed E-state index contributed by atoms with van der Waals surface area (Å²) in [5.41, 5.74) is 1.46. The zero-order chi connectivity index (χ0) is 28.2. The van der Waals surface area contributed by atoms with E-state index in [9.17, 15) is 14.4 Å². The first kappa shape index (κ1) is 26.8. The zero-order valence-corrected chi connectivity index (χ0v) is 23.7. The number of fused-ring (bicyclic) bond motifs is 1. The van der Waals surface area contributed by atoms with Gasteiger partial charge in [-0.3, -0.25) is 14.4 Å². The van der Waals surface area contributed by atoms with E-state index in [4.69, 9.17) is 4.74 Å². The Morgan fingerprint density at radius 3 is 2.58 bits per heavy atom. The number of amides is 3. The smallest absolute Gasteiger partial charge is 0.246 e. The molecule has 7 heteroatoms. The molecule has 2 saturated heterocycles. The molecule has 40 heavy (non-hydrogen) atoms. The Bertz CT molecular complexity index is 1340. The van der Waals surface area contributed by atoms with Crippen molar-refractivity contribution in [3.8, 4) is 0 Å².